The number of ether oxygens (including phenoxy) is 1. The lowest BCUT2D eigenvalue weighted by atomic mass is 9.93. The zero-order valence-corrected chi connectivity index (χ0v) is 20.5. The number of aryl methyl sites for hydroxylation is 1. The van der Waals surface area contributed by atoms with Crippen LogP contribution in [0.25, 0.3) is 0 Å². The number of fused-ring (bicyclic) bond motifs is 1. The van der Waals surface area contributed by atoms with Crippen molar-refractivity contribution in [2.45, 2.75) is 44.2 Å². The highest BCUT2D eigenvalue weighted by Gasteiger charge is 2.76. The van der Waals surface area contributed by atoms with Gasteiger partial charge in [-0.1, -0.05) is 18.2 Å². The lowest BCUT2D eigenvalue weighted by Gasteiger charge is -2.26. The normalized spacial score (nSPS) is 14.9. The minimum atomic E-state index is -6.67. The summed E-state index contributed by atoms with van der Waals surface area (Å²) in [7, 11) is 0. The van der Waals surface area contributed by atoms with Gasteiger partial charge in [0.15, 0.2) is 5.76 Å². The Balaban J connectivity index is 1.49. The number of hydrazone groups is 1. The SMILES string of the molecule is Cc1c(C(=O)Nc2ccc(Oc3ccccc3)cc2)oc2c1/C(=N/NC(=O)C(F)(F)C(F)(F)C(F)(F)F)CCC2. The fourth-order valence-corrected chi connectivity index (χ4v) is 3.92. The van der Waals surface area contributed by atoms with E-state index in [2.05, 4.69) is 10.4 Å². The molecule has 0 spiro atoms. The van der Waals surface area contributed by atoms with E-state index in [1.165, 1.54) is 6.92 Å². The topological polar surface area (TPSA) is 92.9 Å². The van der Waals surface area contributed by atoms with Gasteiger partial charge in [0, 0.05) is 23.2 Å². The molecule has 0 radical (unpaired) electrons. The largest absolute Gasteiger partial charge is 0.460 e. The Labute approximate surface area is 222 Å². The third-order valence-corrected chi connectivity index (χ3v) is 5.95. The average Bonchev–Trinajstić information content (AvgIpc) is 3.25. The second-order valence-corrected chi connectivity index (χ2v) is 8.75. The highest BCUT2D eigenvalue weighted by Crippen LogP contribution is 2.46. The van der Waals surface area contributed by atoms with E-state index in [-0.39, 0.29) is 34.8 Å². The first-order valence-electron chi connectivity index (χ1n) is 11.7. The second-order valence-electron chi connectivity index (χ2n) is 8.75. The first-order chi connectivity index (χ1) is 18.7. The Morgan fingerprint density at radius 3 is 2.15 bits per heavy atom. The fraction of sp³-hybridized carbons (Fsp3) is 0.269. The Morgan fingerprint density at radius 1 is 0.900 bits per heavy atom. The highest BCUT2D eigenvalue weighted by atomic mass is 19.4. The van der Waals surface area contributed by atoms with Crippen molar-refractivity contribution in [3.05, 3.63) is 77.2 Å². The number of para-hydroxylation sites is 1. The molecule has 7 nitrogen and oxygen atoms in total. The predicted molar refractivity (Wildman–Crippen MR) is 128 cm³/mol. The smallest absolute Gasteiger partial charge is 0.457 e. The molecule has 2 N–H and O–H groups in total. The number of amides is 2. The first-order valence-corrected chi connectivity index (χ1v) is 11.7. The Bertz CT molecular complexity index is 1430. The average molecular weight is 571 g/mol. The van der Waals surface area contributed by atoms with Gasteiger partial charge in [0.05, 0.1) is 5.71 Å². The molecule has 2 aromatic carbocycles. The zero-order valence-electron chi connectivity index (χ0n) is 20.5. The van der Waals surface area contributed by atoms with Crippen molar-refractivity contribution in [3.8, 4) is 11.5 Å². The maximum Gasteiger partial charge on any atom is 0.460 e. The van der Waals surface area contributed by atoms with Crippen LogP contribution in [0.2, 0.25) is 0 Å². The van der Waals surface area contributed by atoms with Crippen molar-refractivity contribution in [1.29, 1.82) is 0 Å². The maximum atomic E-state index is 13.6. The third kappa shape index (κ3) is 5.51. The molecule has 2 amide bonds. The van der Waals surface area contributed by atoms with Gasteiger partial charge < -0.3 is 14.5 Å². The monoisotopic (exact) mass is 571 g/mol. The molecule has 3 aromatic rings. The van der Waals surface area contributed by atoms with Crippen molar-refractivity contribution in [1.82, 2.24) is 5.43 Å². The van der Waals surface area contributed by atoms with Crippen LogP contribution in [0, 0.1) is 6.92 Å². The Kier molecular flexibility index (Phi) is 7.63. The number of carbonyl (C=O) groups excluding carboxylic acids is 2. The molecule has 1 heterocycles. The maximum absolute atomic E-state index is 13.6. The molecule has 0 bridgehead atoms. The number of rotatable bonds is 7. The minimum Gasteiger partial charge on any atom is -0.457 e. The molecular weight excluding hydrogens is 551 g/mol. The zero-order chi connectivity index (χ0) is 29.3. The number of anilines is 1. The van der Waals surface area contributed by atoms with Crippen molar-refractivity contribution in [3.63, 3.8) is 0 Å². The Morgan fingerprint density at radius 2 is 1.52 bits per heavy atom. The molecule has 0 saturated carbocycles. The van der Waals surface area contributed by atoms with Gasteiger partial charge in [0.2, 0.25) is 0 Å². The minimum absolute atomic E-state index is 0.0405. The van der Waals surface area contributed by atoms with Crippen molar-refractivity contribution < 1.29 is 49.5 Å². The number of nitrogens with zero attached hydrogens (tertiary/aromatic N) is 1. The highest BCUT2D eigenvalue weighted by molar-refractivity contribution is 6.09. The summed E-state index contributed by atoms with van der Waals surface area (Å²) in [5.74, 6) is -15.2. The van der Waals surface area contributed by atoms with E-state index in [0.717, 1.165) is 5.43 Å². The molecule has 212 valence electrons. The van der Waals surface area contributed by atoms with E-state index in [9.17, 15) is 40.3 Å². The fourth-order valence-electron chi connectivity index (χ4n) is 3.92. The molecule has 4 rings (SSSR count). The molecule has 14 heteroatoms. The Hall–Kier alpha value is -4.36. The summed E-state index contributed by atoms with van der Waals surface area (Å²) in [4.78, 5) is 24.5. The number of nitrogens with one attached hydrogen (secondary N) is 2. The molecule has 0 atom stereocenters. The number of carbonyl (C=O) groups is 2. The lowest BCUT2D eigenvalue weighted by molar-refractivity contribution is -0.344. The molecule has 0 unspecified atom stereocenters. The lowest BCUT2D eigenvalue weighted by Crippen LogP contribution is -2.58. The van der Waals surface area contributed by atoms with Gasteiger partial charge in [-0.05, 0) is 56.2 Å². The van der Waals surface area contributed by atoms with Crippen molar-refractivity contribution in [2.24, 2.45) is 5.10 Å². The van der Waals surface area contributed by atoms with Crippen molar-refractivity contribution in [2.75, 3.05) is 5.32 Å². The van der Waals surface area contributed by atoms with E-state index in [4.69, 9.17) is 9.15 Å². The van der Waals surface area contributed by atoms with Crippen LogP contribution in [0.4, 0.5) is 36.4 Å². The van der Waals surface area contributed by atoms with E-state index in [0.29, 0.717) is 30.0 Å². The van der Waals surface area contributed by atoms with Gasteiger partial charge >= 0.3 is 23.9 Å². The second kappa shape index (κ2) is 10.7. The molecule has 0 aliphatic heterocycles. The number of halogens is 7. The standard InChI is InChI=1S/C26H20F7N3O4/c1-14-20-18(35-36-23(38)24(27,28)25(29,30)26(31,32)33)8-5-9-19(20)40-21(14)22(37)34-15-10-12-17(13-11-15)39-16-6-3-2-4-7-16/h2-4,6-7,10-13H,5,8-9H2,1H3,(H,34,37)(H,36,38)/b35-18+. The molecular formula is C26H20F7N3O4. The predicted octanol–water partition coefficient (Wildman–Crippen LogP) is 6.62. The summed E-state index contributed by atoms with van der Waals surface area (Å²) >= 11 is 0. The number of alkyl halides is 7. The van der Waals surface area contributed by atoms with E-state index in [1.54, 1.807) is 48.5 Å². The van der Waals surface area contributed by atoms with Crippen LogP contribution in [-0.4, -0.2) is 35.5 Å². The molecule has 40 heavy (non-hydrogen) atoms. The van der Waals surface area contributed by atoms with E-state index < -0.39 is 29.8 Å². The molecule has 0 fully saturated rings. The summed E-state index contributed by atoms with van der Waals surface area (Å²) < 4.78 is 102. The quantitative estimate of drug-likeness (QED) is 0.246. The van der Waals surface area contributed by atoms with Gasteiger partial charge in [-0.15, -0.1) is 0 Å². The van der Waals surface area contributed by atoms with Gasteiger partial charge in [0.1, 0.15) is 17.3 Å². The molecule has 0 saturated heterocycles. The van der Waals surface area contributed by atoms with Crippen LogP contribution >= 0.6 is 0 Å². The number of hydrogen-bond acceptors (Lipinski definition) is 5. The van der Waals surface area contributed by atoms with Crippen LogP contribution in [0.5, 0.6) is 11.5 Å². The van der Waals surface area contributed by atoms with Gasteiger partial charge in [-0.3, -0.25) is 9.59 Å². The van der Waals surface area contributed by atoms with Gasteiger partial charge in [-0.2, -0.15) is 35.8 Å². The van der Waals surface area contributed by atoms with Crippen LogP contribution < -0.4 is 15.5 Å². The van der Waals surface area contributed by atoms with Gasteiger partial charge in [-0.25, -0.2) is 5.43 Å². The molecule has 1 aliphatic rings. The van der Waals surface area contributed by atoms with Crippen LogP contribution in [-0.2, 0) is 11.2 Å². The van der Waals surface area contributed by atoms with Crippen LogP contribution in [0.15, 0.2) is 64.1 Å². The molecule has 1 aromatic heterocycles. The summed E-state index contributed by atoms with van der Waals surface area (Å²) in [6.45, 7) is 1.45. The summed E-state index contributed by atoms with van der Waals surface area (Å²) in [5.41, 5.74) is 1.73. The number of furan rings is 1. The summed E-state index contributed by atoms with van der Waals surface area (Å²) in [6, 6.07) is 15.4. The van der Waals surface area contributed by atoms with E-state index in [1.807, 2.05) is 6.07 Å². The first kappa shape index (κ1) is 28.6. The van der Waals surface area contributed by atoms with Crippen LogP contribution in [0.3, 0.4) is 0 Å². The summed E-state index contributed by atoms with van der Waals surface area (Å²) in [5, 5.41) is 6.01. The third-order valence-electron chi connectivity index (χ3n) is 5.95. The van der Waals surface area contributed by atoms with Crippen LogP contribution in [0.1, 0.15) is 40.3 Å². The number of benzene rings is 2. The number of hydrogen-bond donors (Lipinski definition) is 2. The van der Waals surface area contributed by atoms with Crippen molar-refractivity contribution >= 4 is 23.2 Å². The van der Waals surface area contributed by atoms with E-state index >= 15 is 0 Å². The molecule has 1 aliphatic carbocycles. The summed E-state index contributed by atoms with van der Waals surface area (Å²) in [6.07, 6.45) is -6.02. The van der Waals surface area contributed by atoms with Gasteiger partial charge in [0.25, 0.3) is 5.91 Å².